The first-order valence-corrected chi connectivity index (χ1v) is 12.6. The largest absolute Gasteiger partial charge is 0.473 e. The molecule has 196 valence electrons. The quantitative estimate of drug-likeness (QED) is 0.365. The Balaban J connectivity index is 0.000000236. The van der Waals surface area contributed by atoms with Gasteiger partial charge in [-0.1, -0.05) is 43.4 Å². The fraction of sp³-hybridized carbons (Fsp3) is 0.556. The number of methoxy groups -OCH3 is 1. The van der Waals surface area contributed by atoms with Crippen molar-refractivity contribution >= 4 is 5.97 Å². The van der Waals surface area contributed by atoms with Gasteiger partial charge in [0.1, 0.15) is 18.1 Å². The van der Waals surface area contributed by atoms with Gasteiger partial charge in [0, 0.05) is 29.7 Å². The van der Waals surface area contributed by atoms with E-state index in [1.165, 1.54) is 26.1 Å². The predicted octanol–water partition coefficient (Wildman–Crippen LogP) is 5.78. The average Bonchev–Trinajstić information content (AvgIpc) is 3.63. The molecular formula is C27H37N3O6. The van der Waals surface area contributed by atoms with Gasteiger partial charge in [0.15, 0.2) is 0 Å². The van der Waals surface area contributed by atoms with E-state index in [1.807, 2.05) is 13.8 Å². The molecule has 0 radical (unpaired) electrons. The zero-order valence-corrected chi connectivity index (χ0v) is 21.9. The molecule has 1 aliphatic carbocycles. The van der Waals surface area contributed by atoms with Crippen LogP contribution in [0.3, 0.4) is 0 Å². The van der Waals surface area contributed by atoms with Crippen molar-refractivity contribution in [2.75, 3.05) is 7.11 Å². The molecule has 1 N–H and O–H groups in total. The normalized spacial score (nSPS) is 14.3. The van der Waals surface area contributed by atoms with Gasteiger partial charge >= 0.3 is 5.97 Å². The fourth-order valence-electron chi connectivity index (χ4n) is 4.51. The monoisotopic (exact) mass is 499 g/mol. The predicted molar refractivity (Wildman–Crippen MR) is 133 cm³/mol. The van der Waals surface area contributed by atoms with Gasteiger partial charge in [0.25, 0.3) is 0 Å². The van der Waals surface area contributed by atoms with Gasteiger partial charge < -0.3 is 23.6 Å². The number of aliphatic hydroxyl groups is 1. The van der Waals surface area contributed by atoms with Gasteiger partial charge in [-0.2, -0.15) is 0 Å². The molecule has 0 aromatic carbocycles. The van der Waals surface area contributed by atoms with Crippen LogP contribution in [0.2, 0.25) is 0 Å². The first kappa shape index (κ1) is 27.4. The number of nitrogens with zero attached hydrogens (tertiary/aromatic N) is 3. The van der Waals surface area contributed by atoms with E-state index in [4.69, 9.17) is 18.9 Å². The highest BCUT2D eigenvalue weighted by Gasteiger charge is 2.25. The number of carbonyl (C=O) groups excluding carboxylic acids is 1. The van der Waals surface area contributed by atoms with E-state index < -0.39 is 5.97 Å². The summed E-state index contributed by atoms with van der Waals surface area (Å²) in [4.78, 5) is 15.5. The lowest BCUT2D eigenvalue weighted by Crippen LogP contribution is -2.05. The molecule has 1 fully saturated rings. The zero-order valence-electron chi connectivity index (χ0n) is 21.9. The van der Waals surface area contributed by atoms with Gasteiger partial charge in [0.2, 0.25) is 5.88 Å². The Morgan fingerprint density at radius 3 is 2.44 bits per heavy atom. The standard InChI is InChI=1S/C17H20N2O4.C10H17NO2/c1-11-14(16(19-23-11)12-5-3-4-6-12)10-22-15-8-7-13(9-18-15)17(20)21-2;1-4-5-7(2)10-9(6-12)8(3)13-11-10/h7-9,12H,3-6,10H2,1-2H3;7,12H,4-6H2,1-3H3. The van der Waals surface area contributed by atoms with Crippen LogP contribution >= 0.6 is 0 Å². The van der Waals surface area contributed by atoms with Gasteiger partial charge in [-0.15, -0.1) is 0 Å². The van der Waals surface area contributed by atoms with Crippen molar-refractivity contribution in [1.29, 1.82) is 0 Å². The first-order chi connectivity index (χ1) is 17.4. The lowest BCUT2D eigenvalue weighted by Gasteiger charge is -2.09. The van der Waals surface area contributed by atoms with Crippen molar-refractivity contribution < 1.29 is 28.4 Å². The molecule has 1 unspecified atom stereocenters. The number of carbonyl (C=O) groups is 1. The van der Waals surface area contributed by atoms with Crippen LogP contribution in [0.15, 0.2) is 27.4 Å². The summed E-state index contributed by atoms with van der Waals surface area (Å²) in [6, 6.07) is 3.29. The second kappa shape index (κ2) is 13.2. The number of rotatable bonds is 9. The second-order valence-electron chi connectivity index (χ2n) is 9.20. The molecule has 3 aromatic rings. The lowest BCUT2D eigenvalue weighted by atomic mass is 9.98. The van der Waals surface area contributed by atoms with Crippen molar-refractivity contribution in [3.63, 3.8) is 0 Å². The Bertz CT molecular complexity index is 1100. The van der Waals surface area contributed by atoms with E-state index in [1.54, 1.807) is 12.1 Å². The topological polar surface area (TPSA) is 121 Å². The SMILES string of the molecule is CCCC(C)c1noc(C)c1CO.COC(=O)c1ccc(OCc2c(C3CCCC3)noc2C)nc1. The molecule has 0 spiro atoms. The molecule has 0 saturated heterocycles. The van der Waals surface area contributed by atoms with Crippen LogP contribution < -0.4 is 4.74 Å². The number of hydrogen-bond acceptors (Lipinski definition) is 9. The van der Waals surface area contributed by atoms with Crippen LogP contribution in [0, 0.1) is 13.8 Å². The molecule has 0 amide bonds. The molecule has 0 bridgehead atoms. The minimum Gasteiger partial charge on any atom is -0.473 e. The van der Waals surface area contributed by atoms with E-state index in [9.17, 15) is 4.79 Å². The minimum atomic E-state index is -0.414. The molecule has 0 aliphatic heterocycles. The van der Waals surface area contributed by atoms with E-state index in [-0.39, 0.29) is 6.61 Å². The van der Waals surface area contributed by atoms with E-state index in [0.29, 0.717) is 29.9 Å². The number of aliphatic hydroxyl groups excluding tert-OH is 1. The number of esters is 1. The van der Waals surface area contributed by atoms with E-state index >= 15 is 0 Å². The third kappa shape index (κ3) is 6.72. The minimum absolute atomic E-state index is 0.0265. The molecule has 4 rings (SSSR count). The Labute approximate surface area is 212 Å². The molecule has 3 heterocycles. The summed E-state index contributed by atoms with van der Waals surface area (Å²) in [5, 5.41) is 17.3. The molecule has 36 heavy (non-hydrogen) atoms. The van der Waals surface area contributed by atoms with E-state index in [0.717, 1.165) is 59.7 Å². The first-order valence-electron chi connectivity index (χ1n) is 12.6. The highest BCUT2D eigenvalue weighted by molar-refractivity contribution is 5.88. The van der Waals surface area contributed by atoms with Gasteiger partial charge in [-0.05, 0) is 39.2 Å². The van der Waals surface area contributed by atoms with E-state index in [2.05, 4.69) is 33.9 Å². The average molecular weight is 500 g/mol. The van der Waals surface area contributed by atoms with Gasteiger partial charge in [0.05, 0.1) is 36.2 Å². The van der Waals surface area contributed by atoms with Crippen LogP contribution in [0.4, 0.5) is 0 Å². The van der Waals surface area contributed by atoms with Crippen molar-refractivity contribution in [1.82, 2.24) is 15.3 Å². The van der Waals surface area contributed by atoms with Crippen LogP contribution in [0.1, 0.15) is 109 Å². The molecule has 9 heteroatoms. The Morgan fingerprint density at radius 1 is 1.14 bits per heavy atom. The van der Waals surface area contributed by atoms with Crippen molar-refractivity contribution in [3.05, 3.63) is 57.9 Å². The Hall–Kier alpha value is -3.20. The molecular weight excluding hydrogens is 462 g/mol. The molecule has 1 saturated carbocycles. The summed E-state index contributed by atoms with van der Waals surface area (Å²) in [5.41, 5.74) is 4.21. The number of pyridine rings is 1. The van der Waals surface area contributed by atoms with Crippen molar-refractivity contribution in [2.24, 2.45) is 0 Å². The molecule has 3 aromatic heterocycles. The number of aromatic nitrogens is 3. The summed E-state index contributed by atoms with van der Waals surface area (Å²) in [7, 11) is 1.34. The summed E-state index contributed by atoms with van der Waals surface area (Å²) >= 11 is 0. The summed E-state index contributed by atoms with van der Waals surface area (Å²) in [5.74, 6) is 2.42. The number of ether oxygens (including phenoxy) is 2. The third-order valence-electron chi connectivity index (χ3n) is 6.64. The van der Waals surface area contributed by atoms with Crippen LogP contribution in [-0.2, 0) is 18.0 Å². The maximum absolute atomic E-state index is 11.4. The molecule has 9 nitrogen and oxygen atoms in total. The number of hydrogen-bond donors (Lipinski definition) is 1. The smallest absolute Gasteiger partial charge is 0.339 e. The summed E-state index contributed by atoms with van der Waals surface area (Å²) in [6.45, 7) is 8.38. The van der Waals surface area contributed by atoms with Crippen molar-refractivity contribution in [3.8, 4) is 5.88 Å². The molecule has 1 aliphatic rings. The van der Waals surface area contributed by atoms with Gasteiger partial charge in [-0.25, -0.2) is 9.78 Å². The van der Waals surface area contributed by atoms with Gasteiger partial charge in [-0.3, -0.25) is 0 Å². The highest BCUT2D eigenvalue weighted by atomic mass is 16.5. The maximum Gasteiger partial charge on any atom is 0.339 e. The third-order valence-corrected chi connectivity index (χ3v) is 6.64. The highest BCUT2D eigenvalue weighted by Crippen LogP contribution is 2.36. The lowest BCUT2D eigenvalue weighted by molar-refractivity contribution is 0.0600. The molecule has 1 atom stereocenters. The van der Waals surface area contributed by atoms with Crippen molar-refractivity contribution in [2.45, 2.75) is 91.3 Å². The number of aryl methyl sites for hydroxylation is 2. The summed E-state index contributed by atoms with van der Waals surface area (Å²) < 4.78 is 20.8. The van der Waals surface area contributed by atoms with Crippen LogP contribution in [-0.4, -0.2) is 33.5 Å². The Kier molecular flexibility index (Phi) is 10.0. The maximum atomic E-state index is 11.4. The zero-order chi connectivity index (χ0) is 26.1. The van der Waals surface area contributed by atoms with Crippen LogP contribution in [0.5, 0.6) is 5.88 Å². The fourth-order valence-corrected chi connectivity index (χ4v) is 4.51. The van der Waals surface area contributed by atoms with Crippen LogP contribution in [0.25, 0.3) is 0 Å². The summed E-state index contributed by atoms with van der Waals surface area (Å²) in [6.07, 6.45) is 8.45. The second-order valence-corrected chi connectivity index (χ2v) is 9.20. The Morgan fingerprint density at radius 2 is 1.83 bits per heavy atom.